The summed E-state index contributed by atoms with van der Waals surface area (Å²) in [5, 5.41) is 0. The lowest BCUT2D eigenvalue weighted by molar-refractivity contribution is 0.817. The molecule has 2 N–H and O–H groups in total. The number of aromatic nitrogens is 1. The summed E-state index contributed by atoms with van der Waals surface area (Å²) in [7, 11) is 0. The van der Waals surface area contributed by atoms with Crippen LogP contribution in [0.25, 0.3) is 0 Å². The Balaban J connectivity index is 2.27. The van der Waals surface area contributed by atoms with Crippen LogP contribution in [0.3, 0.4) is 0 Å². The zero-order valence-electron chi connectivity index (χ0n) is 10.7. The third kappa shape index (κ3) is 3.08. The Bertz CT molecular complexity index is 465. The highest BCUT2D eigenvalue weighted by Gasteiger charge is 2.07. The van der Waals surface area contributed by atoms with Gasteiger partial charge in [-0.25, -0.2) is 0 Å². The molecule has 0 saturated heterocycles. The highest BCUT2D eigenvalue weighted by atomic mass is 15.1. The quantitative estimate of drug-likeness (QED) is 0.875. The normalized spacial score (nSPS) is 10.3. The molecule has 0 radical (unpaired) electrons. The van der Waals surface area contributed by atoms with E-state index in [2.05, 4.69) is 41.1 Å². The van der Waals surface area contributed by atoms with Gasteiger partial charge in [-0.2, -0.15) is 0 Å². The monoisotopic (exact) mass is 241 g/mol. The van der Waals surface area contributed by atoms with Gasteiger partial charge in [0.25, 0.3) is 0 Å². The van der Waals surface area contributed by atoms with E-state index in [1.54, 1.807) is 0 Å². The molecule has 2 aromatic rings. The van der Waals surface area contributed by atoms with Crippen LogP contribution in [0.1, 0.15) is 12.0 Å². The maximum Gasteiger partial charge on any atom is 0.0441 e. The summed E-state index contributed by atoms with van der Waals surface area (Å²) in [4.78, 5) is 6.34. The van der Waals surface area contributed by atoms with Gasteiger partial charge in [0, 0.05) is 30.3 Å². The van der Waals surface area contributed by atoms with Crippen molar-refractivity contribution in [2.75, 3.05) is 18.0 Å². The minimum Gasteiger partial charge on any atom is -0.341 e. The predicted octanol–water partition coefficient (Wildman–Crippen LogP) is 2.88. The number of hydrogen-bond donors (Lipinski definition) is 1. The molecular formula is C15H19N3. The van der Waals surface area contributed by atoms with E-state index in [9.17, 15) is 0 Å². The van der Waals surface area contributed by atoms with Crippen molar-refractivity contribution in [3.05, 3.63) is 54.4 Å². The fraction of sp³-hybridized carbons (Fsp3) is 0.267. The van der Waals surface area contributed by atoms with Gasteiger partial charge in [-0.1, -0.05) is 17.7 Å². The molecule has 0 spiro atoms. The summed E-state index contributed by atoms with van der Waals surface area (Å²) < 4.78 is 0. The highest BCUT2D eigenvalue weighted by Crippen LogP contribution is 2.24. The van der Waals surface area contributed by atoms with Crippen LogP contribution in [0.2, 0.25) is 0 Å². The van der Waals surface area contributed by atoms with Crippen molar-refractivity contribution < 1.29 is 0 Å². The van der Waals surface area contributed by atoms with Crippen LogP contribution in [0.15, 0.2) is 48.8 Å². The second kappa shape index (κ2) is 6.17. The van der Waals surface area contributed by atoms with Crippen LogP contribution in [0, 0.1) is 6.92 Å². The van der Waals surface area contributed by atoms with Gasteiger partial charge in [0.15, 0.2) is 0 Å². The molecule has 0 aliphatic carbocycles. The summed E-state index contributed by atoms with van der Waals surface area (Å²) in [5.41, 5.74) is 9.24. The van der Waals surface area contributed by atoms with E-state index < -0.39 is 0 Å². The molecule has 0 saturated carbocycles. The first-order chi connectivity index (χ1) is 8.81. The van der Waals surface area contributed by atoms with E-state index in [4.69, 9.17) is 5.73 Å². The van der Waals surface area contributed by atoms with Crippen molar-refractivity contribution in [3.8, 4) is 0 Å². The van der Waals surface area contributed by atoms with E-state index in [0.29, 0.717) is 6.54 Å². The zero-order valence-corrected chi connectivity index (χ0v) is 10.7. The molecule has 2 rings (SSSR count). The molecule has 1 aromatic carbocycles. The third-order valence-corrected chi connectivity index (χ3v) is 2.91. The largest absolute Gasteiger partial charge is 0.341 e. The van der Waals surface area contributed by atoms with Crippen molar-refractivity contribution in [3.63, 3.8) is 0 Å². The molecule has 0 unspecified atom stereocenters. The van der Waals surface area contributed by atoms with E-state index in [-0.39, 0.29) is 0 Å². The molecule has 18 heavy (non-hydrogen) atoms. The Kier molecular flexibility index (Phi) is 4.31. The summed E-state index contributed by atoms with van der Waals surface area (Å²) in [5.74, 6) is 0. The Morgan fingerprint density at radius 3 is 2.22 bits per heavy atom. The number of hydrogen-bond acceptors (Lipinski definition) is 3. The molecule has 0 amide bonds. The minimum absolute atomic E-state index is 0.702. The number of anilines is 2. The van der Waals surface area contributed by atoms with Crippen molar-refractivity contribution in [2.45, 2.75) is 13.3 Å². The number of nitrogens with two attached hydrogens (primary N) is 1. The molecule has 0 fully saturated rings. The second-order valence-corrected chi connectivity index (χ2v) is 4.33. The van der Waals surface area contributed by atoms with Gasteiger partial charge in [-0.05, 0) is 44.2 Å². The van der Waals surface area contributed by atoms with Crippen LogP contribution in [-0.4, -0.2) is 18.1 Å². The van der Waals surface area contributed by atoms with Crippen molar-refractivity contribution >= 4 is 11.4 Å². The summed E-state index contributed by atoms with van der Waals surface area (Å²) >= 11 is 0. The highest BCUT2D eigenvalue weighted by molar-refractivity contribution is 5.62. The predicted molar refractivity (Wildman–Crippen MR) is 76.1 cm³/mol. The fourth-order valence-corrected chi connectivity index (χ4v) is 1.91. The molecule has 1 aromatic heterocycles. The number of benzene rings is 1. The van der Waals surface area contributed by atoms with Gasteiger partial charge in [-0.3, -0.25) is 4.98 Å². The molecule has 0 aliphatic rings. The molecule has 3 heteroatoms. The molecular weight excluding hydrogens is 222 g/mol. The lowest BCUT2D eigenvalue weighted by Crippen LogP contribution is -2.20. The molecule has 0 atom stereocenters. The standard InChI is InChI=1S/C15H19N3/c1-13-3-5-14(6-4-13)18(12-2-9-16)15-7-10-17-11-8-15/h3-8,10-11H,2,9,12,16H2,1H3. The molecule has 94 valence electrons. The van der Waals surface area contributed by atoms with E-state index in [1.165, 1.54) is 11.3 Å². The average molecular weight is 241 g/mol. The molecule has 3 nitrogen and oxygen atoms in total. The minimum atomic E-state index is 0.702. The zero-order chi connectivity index (χ0) is 12.8. The van der Waals surface area contributed by atoms with E-state index >= 15 is 0 Å². The van der Waals surface area contributed by atoms with Gasteiger partial charge in [0.1, 0.15) is 0 Å². The first kappa shape index (κ1) is 12.6. The summed E-state index contributed by atoms with van der Waals surface area (Å²) in [6.07, 6.45) is 4.61. The fourth-order valence-electron chi connectivity index (χ4n) is 1.91. The van der Waals surface area contributed by atoms with Crippen molar-refractivity contribution in [1.29, 1.82) is 0 Å². The van der Waals surface area contributed by atoms with Crippen molar-refractivity contribution in [2.24, 2.45) is 5.73 Å². The van der Waals surface area contributed by atoms with E-state index in [0.717, 1.165) is 18.7 Å². The maximum atomic E-state index is 5.62. The lowest BCUT2D eigenvalue weighted by atomic mass is 10.2. The van der Waals surface area contributed by atoms with Crippen LogP contribution < -0.4 is 10.6 Å². The first-order valence-electron chi connectivity index (χ1n) is 6.25. The van der Waals surface area contributed by atoms with Crippen LogP contribution in [0.4, 0.5) is 11.4 Å². The molecule has 1 heterocycles. The summed E-state index contributed by atoms with van der Waals surface area (Å²) in [6.45, 7) is 3.72. The lowest BCUT2D eigenvalue weighted by Gasteiger charge is -2.24. The number of nitrogens with zero attached hydrogens (tertiary/aromatic N) is 2. The molecule has 0 bridgehead atoms. The van der Waals surface area contributed by atoms with Crippen LogP contribution in [0.5, 0.6) is 0 Å². The summed E-state index contributed by atoms with van der Waals surface area (Å²) in [6, 6.07) is 12.6. The van der Waals surface area contributed by atoms with Gasteiger partial charge < -0.3 is 10.6 Å². The number of rotatable bonds is 5. The Morgan fingerprint density at radius 1 is 1.00 bits per heavy atom. The Hall–Kier alpha value is -1.87. The van der Waals surface area contributed by atoms with Crippen LogP contribution in [-0.2, 0) is 0 Å². The number of pyridine rings is 1. The smallest absolute Gasteiger partial charge is 0.0441 e. The Morgan fingerprint density at radius 2 is 1.61 bits per heavy atom. The second-order valence-electron chi connectivity index (χ2n) is 4.33. The maximum absolute atomic E-state index is 5.62. The van der Waals surface area contributed by atoms with Crippen molar-refractivity contribution in [1.82, 2.24) is 4.98 Å². The third-order valence-electron chi connectivity index (χ3n) is 2.91. The van der Waals surface area contributed by atoms with E-state index in [1.807, 2.05) is 24.5 Å². The van der Waals surface area contributed by atoms with Gasteiger partial charge in [0.2, 0.25) is 0 Å². The first-order valence-corrected chi connectivity index (χ1v) is 6.25. The topological polar surface area (TPSA) is 42.1 Å². The average Bonchev–Trinajstić information content (AvgIpc) is 2.42. The number of aryl methyl sites for hydroxylation is 1. The van der Waals surface area contributed by atoms with Gasteiger partial charge >= 0.3 is 0 Å². The van der Waals surface area contributed by atoms with Gasteiger partial charge in [0.05, 0.1) is 0 Å². The Labute approximate surface area is 108 Å². The van der Waals surface area contributed by atoms with Crippen LogP contribution >= 0.6 is 0 Å². The molecule has 0 aliphatic heterocycles. The van der Waals surface area contributed by atoms with Gasteiger partial charge in [-0.15, -0.1) is 0 Å². The SMILES string of the molecule is Cc1ccc(N(CCCN)c2ccncc2)cc1.